The van der Waals surface area contributed by atoms with E-state index in [0.717, 1.165) is 78.2 Å². The second-order valence-electron chi connectivity index (χ2n) is 10.7. The molecule has 0 saturated carbocycles. The molecular weight excluding hydrogens is 653 g/mol. The Morgan fingerprint density at radius 1 is 0.545 bits per heavy atom. The van der Waals surface area contributed by atoms with Crippen molar-refractivity contribution >= 4 is 70.3 Å². The number of halogens is 1. The van der Waals surface area contributed by atoms with Gasteiger partial charge >= 0.3 is 0 Å². The average Bonchev–Trinajstić information content (AvgIpc) is 3.88. The molecule has 44 heavy (non-hydrogen) atoms. The molecule has 0 aliphatic carbocycles. The smallest absolute Gasteiger partial charge is 0.0737 e. The second-order valence-corrected chi connectivity index (χ2v) is 10.7. The van der Waals surface area contributed by atoms with E-state index in [2.05, 4.69) is 124 Å². The van der Waals surface area contributed by atoms with Crippen molar-refractivity contribution in [2.24, 2.45) is 0 Å². The first-order valence-corrected chi connectivity index (χ1v) is 14.4. The van der Waals surface area contributed by atoms with Gasteiger partial charge in [-0.15, -0.1) is 24.0 Å². The number of aromatic nitrogens is 5. The minimum absolute atomic E-state index is 0. The molecule has 2 aromatic carbocycles. The molecule has 4 aromatic heterocycles. The Bertz CT molecular complexity index is 2160. The number of nitrogens with zero attached hydrogens (tertiary/aromatic N) is 3. The van der Waals surface area contributed by atoms with E-state index in [9.17, 15) is 0 Å². The lowest BCUT2D eigenvalue weighted by Crippen LogP contribution is -1.94. The summed E-state index contributed by atoms with van der Waals surface area (Å²) in [6.45, 7) is 0. The summed E-state index contributed by atoms with van der Waals surface area (Å²) < 4.78 is 0. The van der Waals surface area contributed by atoms with Crippen molar-refractivity contribution in [3.05, 3.63) is 149 Å². The zero-order chi connectivity index (χ0) is 28.6. The molecule has 2 N–H and O–H groups in total. The molecule has 212 valence electrons. The lowest BCUT2D eigenvalue weighted by Gasteiger charge is -2.06. The quantitative estimate of drug-likeness (QED) is 0.182. The summed E-state index contributed by atoms with van der Waals surface area (Å²) >= 11 is 0. The molecule has 0 radical (unpaired) electrons. The molecule has 0 spiro atoms. The molecular formula is C38H28IN5. The van der Waals surface area contributed by atoms with Crippen molar-refractivity contribution in [1.29, 1.82) is 0 Å². The van der Waals surface area contributed by atoms with Crippen LogP contribution in [0.2, 0.25) is 0 Å². The van der Waals surface area contributed by atoms with Crippen LogP contribution >= 0.6 is 24.0 Å². The molecule has 8 bridgehead atoms. The van der Waals surface area contributed by atoms with E-state index in [1.165, 1.54) is 0 Å². The van der Waals surface area contributed by atoms with E-state index in [-0.39, 0.29) is 24.0 Å². The minimum Gasteiger partial charge on any atom is -0.355 e. The monoisotopic (exact) mass is 681 g/mol. The largest absolute Gasteiger partial charge is 0.355 e. The lowest BCUT2D eigenvalue weighted by atomic mass is 10.0. The Morgan fingerprint density at radius 2 is 1.18 bits per heavy atom. The van der Waals surface area contributed by atoms with Gasteiger partial charge in [-0.3, -0.25) is 4.98 Å². The first-order chi connectivity index (χ1) is 21.3. The van der Waals surface area contributed by atoms with Gasteiger partial charge in [0.1, 0.15) is 0 Å². The van der Waals surface area contributed by atoms with Crippen LogP contribution in [0.3, 0.4) is 0 Å². The molecule has 0 unspecified atom stereocenters. The number of aromatic amines is 2. The van der Waals surface area contributed by atoms with Gasteiger partial charge in [0, 0.05) is 57.6 Å². The van der Waals surface area contributed by atoms with Gasteiger partial charge < -0.3 is 9.97 Å². The van der Waals surface area contributed by atoms with E-state index in [1.807, 2.05) is 30.6 Å². The summed E-state index contributed by atoms with van der Waals surface area (Å²) in [4.78, 5) is 22.1. The van der Waals surface area contributed by atoms with Crippen molar-refractivity contribution in [3.63, 3.8) is 0 Å². The van der Waals surface area contributed by atoms with Crippen LogP contribution in [0.1, 0.15) is 33.9 Å². The van der Waals surface area contributed by atoms with Crippen LogP contribution in [0.15, 0.2) is 116 Å². The number of benzene rings is 2. The van der Waals surface area contributed by atoms with Crippen LogP contribution < -0.4 is 0 Å². The van der Waals surface area contributed by atoms with Crippen molar-refractivity contribution in [2.45, 2.75) is 6.42 Å². The second kappa shape index (κ2) is 11.9. The Hall–Kier alpha value is -5.08. The summed E-state index contributed by atoms with van der Waals surface area (Å²) in [6.07, 6.45) is 12.9. The molecule has 2 aliphatic rings. The van der Waals surface area contributed by atoms with Gasteiger partial charge in [0.15, 0.2) is 0 Å². The minimum atomic E-state index is 0. The van der Waals surface area contributed by atoms with Gasteiger partial charge in [0.05, 0.1) is 22.8 Å². The fourth-order valence-electron chi connectivity index (χ4n) is 5.91. The highest BCUT2D eigenvalue weighted by Gasteiger charge is 2.16. The van der Waals surface area contributed by atoms with Crippen LogP contribution in [0.4, 0.5) is 0 Å². The molecule has 2 aliphatic heterocycles. The van der Waals surface area contributed by atoms with Gasteiger partial charge in [-0.25, -0.2) is 9.97 Å². The highest BCUT2D eigenvalue weighted by atomic mass is 127. The van der Waals surface area contributed by atoms with Crippen LogP contribution in [-0.4, -0.2) is 24.9 Å². The molecule has 0 fully saturated rings. The number of hydrogen-bond donors (Lipinski definition) is 2. The van der Waals surface area contributed by atoms with E-state index in [0.29, 0.717) is 6.42 Å². The highest BCUT2D eigenvalue weighted by molar-refractivity contribution is 14.0. The third-order valence-electron chi connectivity index (χ3n) is 7.91. The SMILES string of the molecule is C1=Cc2nc1cc1ccc([nH]1)c(-c1ccccc1)c1nc(c(Cc3cccnc3)c3ccc([nH]3)c2-c2ccccc2)C=C1.I. The van der Waals surface area contributed by atoms with Crippen molar-refractivity contribution in [2.75, 3.05) is 0 Å². The third kappa shape index (κ3) is 5.29. The molecule has 6 aromatic rings. The Morgan fingerprint density at radius 3 is 1.91 bits per heavy atom. The number of rotatable bonds is 4. The number of fused-ring (bicyclic) bond motifs is 8. The van der Waals surface area contributed by atoms with Crippen molar-refractivity contribution < 1.29 is 0 Å². The maximum Gasteiger partial charge on any atom is 0.0737 e. The molecule has 0 amide bonds. The van der Waals surface area contributed by atoms with E-state index >= 15 is 0 Å². The van der Waals surface area contributed by atoms with Gasteiger partial charge in [-0.2, -0.15) is 0 Å². The zero-order valence-corrected chi connectivity index (χ0v) is 26.1. The van der Waals surface area contributed by atoms with Crippen molar-refractivity contribution in [3.8, 4) is 22.3 Å². The molecule has 0 atom stereocenters. The van der Waals surface area contributed by atoms with Crippen LogP contribution in [0, 0.1) is 0 Å². The number of hydrogen-bond acceptors (Lipinski definition) is 3. The van der Waals surface area contributed by atoms with Crippen molar-refractivity contribution in [1.82, 2.24) is 24.9 Å². The predicted octanol–water partition coefficient (Wildman–Crippen LogP) is 9.59. The van der Waals surface area contributed by atoms with Gasteiger partial charge in [-0.1, -0.05) is 66.7 Å². The molecule has 6 heterocycles. The summed E-state index contributed by atoms with van der Waals surface area (Å²) in [5, 5.41) is 0. The molecule has 0 saturated heterocycles. The number of pyridine rings is 1. The lowest BCUT2D eigenvalue weighted by molar-refractivity contribution is 1.13. The summed E-state index contributed by atoms with van der Waals surface area (Å²) in [6, 6.07) is 35.6. The fraction of sp³-hybridized carbons (Fsp3) is 0.0263. The first kappa shape index (κ1) is 27.7. The summed E-state index contributed by atoms with van der Waals surface area (Å²) in [7, 11) is 0. The molecule has 6 heteroatoms. The molecule has 5 nitrogen and oxygen atoms in total. The topological polar surface area (TPSA) is 70.2 Å². The van der Waals surface area contributed by atoms with Gasteiger partial charge in [-0.05, 0) is 77.4 Å². The van der Waals surface area contributed by atoms with Crippen LogP contribution in [-0.2, 0) is 6.42 Å². The van der Waals surface area contributed by atoms with Gasteiger partial charge in [0.25, 0.3) is 0 Å². The van der Waals surface area contributed by atoms with Crippen LogP contribution in [0.5, 0.6) is 0 Å². The first-order valence-electron chi connectivity index (χ1n) is 14.4. The summed E-state index contributed by atoms with van der Waals surface area (Å²) in [5.41, 5.74) is 14.2. The van der Waals surface area contributed by atoms with E-state index in [1.54, 1.807) is 0 Å². The molecule has 8 rings (SSSR count). The zero-order valence-electron chi connectivity index (χ0n) is 23.7. The van der Waals surface area contributed by atoms with Gasteiger partial charge in [0.2, 0.25) is 0 Å². The maximum atomic E-state index is 5.27. The number of nitrogens with one attached hydrogen (secondary N) is 2. The Balaban J connectivity index is 0.00000312. The Kier molecular flexibility index (Phi) is 7.50. The Labute approximate surface area is 272 Å². The normalized spacial score (nSPS) is 11.8. The van der Waals surface area contributed by atoms with E-state index in [4.69, 9.17) is 9.97 Å². The van der Waals surface area contributed by atoms with E-state index < -0.39 is 0 Å². The van der Waals surface area contributed by atoms with Crippen LogP contribution in [0.25, 0.3) is 68.6 Å². The third-order valence-corrected chi connectivity index (χ3v) is 7.91. The average molecular weight is 682 g/mol. The maximum absolute atomic E-state index is 5.27. The number of H-pyrrole nitrogens is 2. The summed E-state index contributed by atoms with van der Waals surface area (Å²) in [5.74, 6) is 0. The highest BCUT2D eigenvalue weighted by Crippen LogP contribution is 2.33. The predicted molar refractivity (Wildman–Crippen MR) is 192 cm³/mol. The fourth-order valence-corrected chi connectivity index (χ4v) is 5.91. The standard InChI is InChI=1S/C38H27N5.HI/c1-3-9-26(10-4-1)37-33-15-13-28(40-33)23-29-14-16-34(41-29)38(27-11-5-2-6-12-27)36-20-18-32(43-36)30(31-17-19-35(37)42-31)22-25-8-7-21-39-24-25;/h1-21,23-24,40,43H,22H2;1H.